The number of rotatable bonds is 10. The minimum Gasteiger partial charge on any atom is -0.774 e. The van der Waals surface area contributed by atoms with Crippen molar-refractivity contribution in [3.05, 3.63) is 0 Å². The van der Waals surface area contributed by atoms with Gasteiger partial charge in [0.15, 0.2) is 0 Å². The van der Waals surface area contributed by atoms with Crippen LogP contribution in [0.3, 0.4) is 0 Å². The molecule has 1 radical (unpaired) electrons. The van der Waals surface area contributed by atoms with E-state index in [9.17, 15) is 37.8 Å². The third-order valence-electron chi connectivity index (χ3n) is 3.97. The quantitative estimate of drug-likeness (QED) is 0.102. The SMILES string of the molecule is CCCCC([NH3+])(P(=O)([O-])O)P(=O)([O-])O.CCCCC([NH3+])(P(=O)([O-])O)P(=O)([O-])O.O.O.[Cu+2]. The van der Waals surface area contributed by atoms with Gasteiger partial charge in [-0.1, -0.05) is 26.7 Å². The third kappa shape index (κ3) is 11.8. The van der Waals surface area contributed by atoms with Gasteiger partial charge in [-0.2, -0.15) is 0 Å². The van der Waals surface area contributed by atoms with Crippen molar-refractivity contribution in [2.24, 2.45) is 0 Å². The molecule has 0 amide bonds. The van der Waals surface area contributed by atoms with Crippen LogP contribution in [0.25, 0.3) is 0 Å². The second-order valence-electron chi connectivity index (χ2n) is 6.25. The van der Waals surface area contributed by atoms with Crippen LogP contribution in [0, 0.1) is 0 Å². The molecule has 14 N–H and O–H groups in total. The average Bonchev–Trinajstić information content (AvgIpc) is 2.46. The molecule has 0 aromatic carbocycles. The van der Waals surface area contributed by atoms with Gasteiger partial charge in [0.2, 0.25) is 40.4 Å². The molecule has 0 spiro atoms. The van der Waals surface area contributed by atoms with Crippen LogP contribution in [0.15, 0.2) is 0 Å². The summed E-state index contributed by atoms with van der Waals surface area (Å²) in [6, 6.07) is 0. The Morgan fingerprint density at radius 3 is 0.903 bits per heavy atom. The molecule has 0 saturated heterocycles. The molecule has 0 aromatic rings. The summed E-state index contributed by atoms with van der Waals surface area (Å²) in [5.41, 5.74) is 5.80. The molecule has 0 heterocycles. The predicted molar refractivity (Wildman–Crippen MR) is 96.8 cm³/mol. The van der Waals surface area contributed by atoms with Crippen molar-refractivity contribution in [2.45, 2.75) is 62.4 Å². The van der Waals surface area contributed by atoms with E-state index in [4.69, 9.17) is 19.6 Å². The Bertz CT molecular complexity index is 583. The van der Waals surface area contributed by atoms with Crippen molar-refractivity contribution in [1.82, 2.24) is 0 Å². The largest absolute Gasteiger partial charge is 2.00 e. The number of unbranched alkanes of at least 4 members (excludes halogenated alkanes) is 2. The molecule has 16 nitrogen and oxygen atoms in total. The second kappa shape index (κ2) is 15.1. The molecular formula is C10H32CuN2O14P4. The first-order chi connectivity index (χ1) is 12.1. The molecule has 0 aliphatic carbocycles. The van der Waals surface area contributed by atoms with Crippen LogP contribution in [0.5, 0.6) is 0 Å². The molecule has 0 aromatic heterocycles. The second-order valence-corrected chi connectivity index (χ2v) is 14.5. The zero-order valence-corrected chi connectivity index (χ0v) is 21.3. The van der Waals surface area contributed by atoms with E-state index in [0.717, 1.165) is 0 Å². The van der Waals surface area contributed by atoms with Crippen LogP contribution in [0.1, 0.15) is 52.4 Å². The monoisotopic (exact) mass is 591 g/mol. The molecule has 0 saturated carbocycles. The zero-order valence-electron chi connectivity index (χ0n) is 16.8. The van der Waals surface area contributed by atoms with Crippen molar-refractivity contribution < 1.29 is 96.9 Å². The molecule has 0 aliphatic rings. The van der Waals surface area contributed by atoms with E-state index in [1.54, 1.807) is 13.8 Å². The van der Waals surface area contributed by atoms with Crippen molar-refractivity contribution >= 4 is 30.4 Å². The van der Waals surface area contributed by atoms with Gasteiger partial charge in [-0.3, -0.25) is 0 Å². The van der Waals surface area contributed by atoms with Crippen LogP contribution in [0.2, 0.25) is 0 Å². The molecule has 0 aliphatic heterocycles. The standard InChI is InChI=1S/2C5H15NO6P2.Cu.2H2O/c2*1-2-3-4-5(6,13(7,8)9)14(10,11)12;;;/h2*2-4,6H2,1H3,(H2,7,8,9)(H2,10,11,12);;2*1H2/q;;+2;;/p-2. The first-order valence-corrected chi connectivity index (χ1v) is 14.3. The third-order valence-corrected chi connectivity index (χ3v) is 12.1. The zero-order chi connectivity index (χ0) is 23.2. The minimum absolute atomic E-state index is 0. The first kappa shape index (κ1) is 42.1. The van der Waals surface area contributed by atoms with E-state index in [1.165, 1.54) is 0 Å². The molecule has 4 atom stereocenters. The van der Waals surface area contributed by atoms with Crippen molar-refractivity contribution in [2.75, 3.05) is 0 Å². The molecule has 21 heteroatoms. The van der Waals surface area contributed by atoms with E-state index in [-0.39, 0.29) is 40.9 Å². The van der Waals surface area contributed by atoms with E-state index in [2.05, 4.69) is 11.5 Å². The van der Waals surface area contributed by atoms with Gasteiger partial charge < -0.3 is 79.8 Å². The van der Waals surface area contributed by atoms with Crippen LogP contribution in [-0.2, 0) is 35.3 Å². The van der Waals surface area contributed by atoms with Crippen molar-refractivity contribution in [3.63, 3.8) is 0 Å². The van der Waals surface area contributed by atoms with Gasteiger partial charge in [0.1, 0.15) is 0 Å². The summed E-state index contributed by atoms with van der Waals surface area (Å²) in [6.07, 6.45) is 0.664. The van der Waals surface area contributed by atoms with Gasteiger partial charge in [-0.25, -0.2) is 0 Å². The maximum Gasteiger partial charge on any atom is 2.00 e. The molecule has 0 bridgehead atoms. The first-order valence-electron chi connectivity index (χ1n) is 7.98. The summed E-state index contributed by atoms with van der Waals surface area (Å²) in [4.78, 5) is 78.0. The topological polar surface area (TPSA) is 360 Å². The smallest absolute Gasteiger partial charge is 0.774 e. The molecule has 197 valence electrons. The Hall–Kier alpha value is 0.959. The maximum absolute atomic E-state index is 10.8. The summed E-state index contributed by atoms with van der Waals surface area (Å²) in [6.45, 7) is 3.42. The Labute approximate surface area is 189 Å². The van der Waals surface area contributed by atoms with E-state index < -0.39 is 53.3 Å². The van der Waals surface area contributed by atoms with E-state index >= 15 is 0 Å². The van der Waals surface area contributed by atoms with Gasteiger partial charge in [0.05, 0.1) is 0 Å². The summed E-state index contributed by atoms with van der Waals surface area (Å²) >= 11 is 0. The van der Waals surface area contributed by atoms with Gasteiger partial charge in [-0.15, -0.1) is 0 Å². The fourth-order valence-electron chi connectivity index (χ4n) is 1.80. The van der Waals surface area contributed by atoms with E-state index in [0.29, 0.717) is 12.8 Å². The van der Waals surface area contributed by atoms with Gasteiger partial charge >= 0.3 is 17.1 Å². The van der Waals surface area contributed by atoms with Crippen LogP contribution < -0.4 is 31.0 Å². The van der Waals surface area contributed by atoms with Crippen LogP contribution >= 0.6 is 30.4 Å². The summed E-state index contributed by atoms with van der Waals surface area (Å²) < 4.78 is 43.2. The Morgan fingerprint density at radius 2 is 0.806 bits per heavy atom. The van der Waals surface area contributed by atoms with Gasteiger partial charge in [-0.05, 0) is 12.8 Å². The predicted octanol–water partition coefficient (Wildman–Crippen LogP) is -5.32. The summed E-state index contributed by atoms with van der Waals surface area (Å²) in [5.74, 6) is 0. The Morgan fingerprint density at radius 1 is 0.645 bits per heavy atom. The fraction of sp³-hybridized carbons (Fsp3) is 1.00. The van der Waals surface area contributed by atoms with E-state index in [1.807, 2.05) is 0 Å². The van der Waals surface area contributed by atoms with Gasteiger partial charge in [0, 0.05) is 12.8 Å². The summed E-state index contributed by atoms with van der Waals surface area (Å²) in [5, 5.41) is -5.42. The maximum atomic E-state index is 10.8. The fourth-order valence-corrected chi connectivity index (χ4v) is 6.12. The molecule has 0 rings (SSSR count). The molecule has 31 heavy (non-hydrogen) atoms. The molecule has 4 unspecified atom stereocenters. The number of hydrogen-bond donors (Lipinski definition) is 6. The van der Waals surface area contributed by atoms with Crippen LogP contribution in [-0.4, -0.2) is 40.6 Å². The van der Waals surface area contributed by atoms with Crippen molar-refractivity contribution in [3.8, 4) is 0 Å². The Kier molecular flexibility index (Phi) is 20.5. The summed E-state index contributed by atoms with van der Waals surface area (Å²) in [7, 11) is -20.9. The van der Waals surface area contributed by atoms with Crippen molar-refractivity contribution in [1.29, 1.82) is 0 Å². The average molecular weight is 592 g/mol. The minimum atomic E-state index is -5.23. The molecular weight excluding hydrogens is 560 g/mol. The molecule has 0 fully saturated rings. The van der Waals surface area contributed by atoms with Crippen LogP contribution in [0.4, 0.5) is 0 Å². The Balaban J connectivity index is -0.000000133. The van der Waals surface area contributed by atoms with Gasteiger partial charge in [0.25, 0.3) is 0 Å². The number of quaternary nitrogens is 2. The normalized spacial score (nSPS) is 22.3. The number of hydrogen-bond acceptors (Lipinski definition) is 8.